The van der Waals surface area contributed by atoms with Crippen molar-refractivity contribution in [3.63, 3.8) is 0 Å². The molecule has 0 bridgehead atoms. The van der Waals surface area contributed by atoms with Gasteiger partial charge in [0.15, 0.2) is 5.60 Å². The van der Waals surface area contributed by atoms with E-state index in [1.807, 2.05) is 24.5 Å². The molecule has 0 radical (unpaired) electrons. The third-order valence-electron chi connectivity index (χ3n) is 6.19. The Morgan fingerprint density at radius 3 is 2.61 bits per heavy atom. The molecule has 0 amide bonds. The van der Waals surface area contributed by atoms with Crippen molar-refractivity contribution in [1.29, 1.82) is 0 Å². The number of ether oxygens (including phenoxy) is 1. The van der Waals surface area contributed by atoms with Gasteiger partial charge in [0.2, 0.25) is 0 Å². The number of hydrogen-bond acceptors (Lipinski definition) is 4. The van der Waals surface area contributed by atoms with Gasteiger partial charge in [0.05, 0.1) is 17.7 Å². The van der Waals surface area contributed by atoms with Crippen LogP contribution in [0.3, 0.4) is 0 Å². The summed E-state index contributed by atoms with van der Waals surface area (Å²) in [6, 6.07) is 8.03. The molecule has 1 saturated heterocycles. The van der Waals surface area contributed by atoms with Crippen molar-refractivity contribution in [1.82, 2.24) is 18.2 Å². The first-order valence-corrected chi connectivity index (χ1v) is 11.3. The summed E-state index contributed by atoms with van der Waals surface area (Å²) in [4.78, 5) is 4.77. The number of fused-ring (bicyclic) bond motifs is 4. The van der Waals surface area contributed by atoms with Gasteiger partial charge in [-0.3, -0.25) is 0 Å². The fourth-order valence-corrected chi connectivity index (χ4v) is 5.54. The molecule has 0 atom stereocenters. The Labute approximate surface area is 166 Å². The van der Waals surface area contributed by atoms with Crippen LogP contribution in [0.5, 0.6) is 5.75 Å². The monoisotopic (exact) mass is 402 g/mol. The van der Waals surface area contributed by atoms with Gasteiger partial charge in [-0.05, 0) is 30.9 Å². The molecular weight excluding hydrogens is 376 g/mol. The predicted molar refractivity (Wildman–Crippen MR) is 106 cm³/mol. The maximum Gasteiger partial charge on any atom is 0.281 e. The Morgan fingerprint density at radius 2 is 1.93 bits per heavy atom. The van der Waals surface area contributed by atoms with E-state index in [-0.39, 0.29) is 0 Å². The molecule has 3 heterocycles. The number of nitrogens with zero attached hydrogens (tertiary/aromatic N) is 4. The molecule has 5 rings (SSSR count). The molecular formula is C20H26N4O3S. The zero-order valence-electron chi connectivity index (χ0n) is 16.3. The average Bonchev–Trinajstić information content (AvgIpc) is 3.39. The highest BCUT2D eigenvalue weighted by Gasteiger charge is 2.48. The summed E-state index contributed by atoms with van der Waals surface area (Å²) in [5, 5.41) is 0. The van der Waals surface area contributed by atoms with Gasteiger partial charge in [-0.1, -0.05) is 12.1 Å². The van der Waals surface area contributed by atoms with Gasteiger partial charge < -0.3 is 9.30 Å². The highest BCUT2D eigenvalue weighted by atomic mass is 32.2. The predicted octanol–water partition coefficient (Wildman–Crippen LogP) is 2.45. The number of para-hydroxylation sites is 1. The number of imidazole rings is 1. The summed E-state index contributed by atoms with van der Waals surface area (Å²) in [7, 11) is -0.252. The average molecular weight is 403 g/mol. The number of piperidine rings is 1. The minimum atomic E-state index is -3.41. The Morgan fingerprint density at radius 1 is 1.21 bits per heavy atom. The minimum absolute atomic E-state index is 0.441. The third-order valence-corrected chi connectivity index (χ3v) is 8.13. The molecule has 2 fully saturated rings. The summed E-state index contributed by atoms with van der Waals surface area (Å²) in [6.45, 7) is 1.85. The van der Waals surface area contributed by atoms with Crippen molar-refractivity contribution in [2.45, 2.75) is 37.8 Å². The maximum atomic E-state index is 12.6. The van der Waals surface area contributed by atoms with Gasteiger partial charge in [-0.2, -0.15) is 17.0 Å². The standard InChI is InChI=1S/C20H26N4O3S/c1-22(2)28(25,26)24-11-9-20(10-12-24)19-18(16-5-3-4-6-17(16)27-20)21-14-23(19)13-15-7-8-15/h3-6,14-15H,7-13H2,1-2H3. The fraction of sp³-hybridized carbons (Fsp3) is 0.550. The second-order valence-electron chi connectivity index (χ2n) is 8.32. The third kappa shape index (κ3) is 2.77. The van der Waals surface area contributed by atoms with Crippen molar-refractivity contribution in [2.75, 3.05) is 27.2 Å². The van der Waals surface area contributed by atoms with Crippen LogP contribution in [0, 0.1) is 5.92 Å². The van der Waals surface area contributed by atoms with Gasteiger partial charge in [-0.25, -0.2) is 4.98 Å². The SMILES string of the molecule is CN(C)S(=O)(=O)N1CCC2(CC1)Oc1ccccc1-c1ncn(CC3CC3)c12. The lowest BCUT2D eigenvalue weighted by Crippen LogP contribution is -2.52. The highest BCUT2D eigenvalue weighted by Crippen LogP contribution is 2.49. The maximum absolute atomic E-state index is 12.6. The summed E-state index contributed by atoms with van der Waals surface area (Å²) < 4.78 is 36.8. The van der Waals surface area contributed by atoms with Crippen LogP contribution in [0.4, 0.5) is 0 Å². The molecule has 0 unspecified atom stereocenters. The van der Waals surface area contributed by atoms with E-state index in [1.165, 1.54) is 17.1 Å². The molecule has 8 heteroatoms. The Kier molecular flexibility index (Phi) is 4.08. The second kappa shape index (κ2) is 6.30. The number of aromatic nitrogens is 2. The van der Waals surface area contributed by atoms with Crippen LogP contribution in [0.15, 0.2) is 30.6 Å². The van der Waals surface area contributed by atoms with Crippen LogP contribution >= 0.6 is 0 Å². The molecule has 0 N–H and O–H groups in total. The van der Waals surface area contributed by atoms with Gasteiger partial charge in [0, 0.05) is 52.1 Å². The second-order valence-corrected chi connectivity index (χ2v) is 10.5. The van der Waals surface area contributed by atoms with Crippen LogP contribution in [0.2, 0.25) is 0 Å². The van der Waals surface area contributed by atoms with E-state index in [0.717, 1.165) is 35.2 Å². The first-order valence-electron chi connectivity index (χ1n) is 9.92. The molecule has 1 aliphatic carbocycles. The molecule has 7 nitrogen and oxygen atoms in total. The minimum Gasteiger partial charge on any atom is -0.480 e. The Hall–Kier alpha value is -1.90. The molecule has 1 aromatic heterocycles. The van der Waals surface area contributed by atoms with E-state index in [4.69, 9.17) is 9.72 Å². The van der Waals surface area contributed by atoms with E-state index < -0.39 is 15.8 Å². The lowest BCUT2D eigenvalue weighted by atomic mass is 9.83. The Bertz CT molecular complexity index is 1000. The summed E-state index contributed by atoms with van der Waals surface area (Å²) in [5.41, 5.74) is 2.63. The van der Waals surface area contributed by atoms with Crippen molar-refractivity contribution >= 4 is 10.2 Å². The summed E-state index contributed by atoms with van der Waals surface area (Å²) in [6.07, 6.45) is 5.73. The van der Waals surface area contributed by atoms with Crippen LogP contribution in [0.25, 0.3) is 11.3 Å². The molecule has 1 spiro atoms. The molecule has 1 aromatic carbocycles. The van der Waals surface area contributed by atoms with Gasteiger partial charge in [-0.15, -0.1) is 0 Å². The molecule has 28 heavy (non-hydrogen) atoms. The normalized spacial score (nSPS) is 21.4. The van der Waals surface area contributed by atoms with Crippen molar-refractivity contribution in [3.8, 4) is 17.0 Å². The largest absolute Gasteiger partial charge is 0.480 e. The number of benzene rings is 1. The van der Waals surface area contributed by atoms with Crippen LogP contribution < -0.4 is 4.74 Å². The summed E-state index contributed by atoms with van der Waals surface area (Å²) >= 11 is 0. The fourth-order valence-electron chi connectivity index (χ4n) is 4.43. The van der Waals surface area contributed by atoms with E-state index in [1.54, 1.807) is 18.4 Å². The molecule has 1 saturated carbocycles. The van der Waals surface area contributed by atoms with E-state index in [2.05, 4.69) is 10.6 Å². The van der Waals surface area contributed by atoms with Gasteiger partial charge >= 0.3 is 0 Å². The highest BCUT2D eigenvalue weighted by molar-refractivity contribution is 7.86. The van der Waals surface area contributed by atoms with Gasteiger partial charge in [0.25, 0.3) is 10.2 Å². The quantitative estimate of drug-likeness (QED) is 0.788. The number of hydrogen-bond donors (Lipinski definition) is 0. The van der Waals surface area contributed by atoms with Gasteiger partial charge in [0.1, 0.15) is 5.75 Å². The topological polar surface area (TPSA) is 67.7 Å². The zero-order chi connectivity index (χ0) is 19.5. The van der Waals surface area contributed by atoms with Crippen molar-refractivity contribution in [2.24, 2.45) is 5.92 Å². The lowest BCUT2D eigenvalue weighted by Gasteiger charge is -2.44. The van der Waals surface area contributed by atoms with Crippen LogP contribution in [-0.4, -0.2) is 53.8 Å². The van der Waals surface area contributed by atoms with Crippen LogP contribution in [-0.2, 0) is 22.4 Å². The smallest absolute Gasteiger partial charge is 0.281 e. The molecule has 3 aliphatic rings. The van der Waals surface area contributed by atoms with E-state index >= 15 is 0 Å². The molecule has 150 valence electrons. The summed E-state index contributed by atoms with van der Waals surface area (Å²) in [5.74, 6) is 1.57. The zero-order valence-corrected chi connectivity index (χ0v) is 17.2. The van der Waals surface area contributed by atoms with Crippen molar-refractivity contribution in [3.05, 3.63) is 36.3 Å². The Balaban J connectivity index is 1.54. The lowest BCUT2D eigenvalue weighted by molar-refractivity contribution is 0.00559. The first kappa shape index (κ1) is 18.1. The molecule has 2 aliphatic heterocycles. The van der Waals surface area contributed by atoms with E-state index in [9.17, 15) is 8.42 Å². The van der Waals surface area contributed by atoms with E-state index in [0.29, 0.717) is 25.9 Å². The first-order chi connectivity index (χ1) is 13.4. The van der Waals surface area contributed by atoms with Crippen LogP contribution in [0.1, 0.15) is 31.4 Å². The molecule has 2 aromatic rings. The van der Waals surface area contributed by atoms with Crippen molar-refractivity contribution < 1.29 is 13.2 Å². The number of rotatable bonds is 4.